The number of aromatic nitrogens is 3. The standard InChI is InChI=1S/C8H7N3O3S2/c12-16(13,14)7-3-1-2-6(4-7)11-5-9-10-8(11)15/h1-5H,(H,10,15)(H,12,13,14). The van der Waals surface area contributed by atoms with Gasteiger partial charge in [0, 0.05) is 0 Å². The molecule has 0 spiro atoms. The third kappa shape index (κ3) is 2.03. The van der Waals surface area contributed by atoms with E-state index in [0.29, 0.717) is 10.5 Å². The molecule has 0 aliphatic carbocycles. The van der Waals surface area contributed by atoms with Crippen molar-refractivity contribution in [2.45, 2.75) is 4.90 Å². The quantitative estimate of drug-likeness (QED) is 0.623. The van der Waals surface area contributed by atoms with Crippen LogP contribution in [0.5, 0.6) is 0 Å². The lowest BCUT2D eigenvalue weighted by Gasteiger charge is -2.02. The van der Waals surface area contributed by atoms with Crippen LogP contribution in [0.15, 0.2) is 35.5 Å². The van der Waals surface area contributed by atoms with Crippen LogP contribution in [0, 0.1) is 4.77 Å². The van der Waals surface area contributed by atoms with Gasteiger partial charge in [-0.2, -0.15) is 13.5 Å². The monoisotopic (exact) mass is 257 g/mol. The molecule has 0 saturated carbocycles. The van der Waals surface area contributed by atoms with Crippen molar-refractivity contribution in [1.82, 2.24) is 14.8 Å². The Balaban J connectivity index is 2.62. The van der Waals surface area contributed by atoms with Crippen LogP contribution in [0.3, 0.4) is 0 Å². The highest BCUT2D eigenvalue weighted by Gasteiger charge is 2.10. The summed E-state index contributed by atoms with van der Waals surface area (Å²) >= 11 is 4.94. The molecule has 84 valence electrons. The fraction of sp³-hybridized carbons (Fsp3) is 0. The van der Waals surface area contributed by atoms with Crippen molar-refractivity contribution in [3.05, 3.63) is 35.4 Å². The Morgan fingerprint density at radius 2 is 2.19 bits per heavy atom. The zero-order chi connectivity index (χ0) is 11.8. The normalized spacial score (nSPS) is 11.6. The van der Waals surface area contributed by atoms with E-state index in [4.69, 9.17) is 16.8 Å². The van der Waals surface area contributed by atoms with Gasteiger partial charge in [0.25, 0.3) is 10.1 Å². The minimum Gasteiger partial charge on any atom is -0.282 e. The summed E-state index contributed by atoms with van der Waals surface area (Å²) in [6.45, 7) is 0. The molecule has 0 aliphatic rings. The third-order valence-corrected chi connectivity index (χ3v) is 3.08. The number of rotatable bonds is 2. The van der Waals surface area contributed by atoms with Crippen molar-refractivity contribution < 1.29 is 13.0 Å². The average molecular weight is 257 g/mol. The molecule has 16 heavy (non-hydrogen) atoms. The molecule has 0 unspecified atom stereocenters. The zero-order valence-corrected chi connectivity index (χ0v) is 9.49. The molecule has 0 atom stereocenters. The molecule has 1 aromatic carbocycles. The highest BCUT2D eigenvalue weighted by atomic mass is 32.2. The maximum Gasteiger partial charge on any atom is 0.294 e. The minimum atomic E-state index is -4.21. The summed E-state index contributed by atoms with van der Waals surface area (Å²) < 4.78 is 32.6. The maximum absolute atomic E-state index is 10.9. The summed E-state index contributed by atoms with van der Waals surface area (Å²) in [5.74, 6) is 0. The minimum absolute atomic E-state index is 0.187. The van der Waals surface area contributed by atoms with E-state index in [0.717, 1.165) is 0 Å². The number of hydrogen-bond donors (Lipinski definition) is 2. The molecular weight excluding hydrogens is 250 g/mol. The van der Waals surface area contributed by atoms with Gasteiger partial charge in [-0.1, -0.05) is 6.07 Å². The van der Waals surface area contributed by atoms with Crippen molar-refractivity contribution in [1.29, 1.82) is 0 Å². The predicted molar refractivity (Wildman–Crippen MR) is 58.6 cm³/mol. The molecule has 0 bridgehead atoms. The van der Waals surface area contributed by atoms with Crippen molar-refractivity contribution in [2.75, 3.05) is 0 Å². The lowest BCUT2D eigenvalue weighted by Crippen LogP contribution is -2.00. The van der Waals surface area contributed by atoms with Crippen LogP contribution >= 0.6 is 12.2 Å². The molecule has 1 aromatic heterocycles. The maximum atomic E-state index is 10.9. The van der Waals surface area contributed by atoms with E-state index in [9.17, 15) is 8.42 Å². The number of aromatic amines is 1. The van der Waals surface area contributed by atoms with E-state index in [-0.39, 0.29) is 4.90 Å². The van der Waals surface area contributed by atoms with E-state index in [1.54, 1.807) is 6.07 Å². The van der Waals surface area contributed by atoms with E-state index < -0.39 is 10.1 Å². The van der Waals surface area contributed by atoms with Crippen LogP contribution in [0.1, 0.15) is 0 Å². The highest BCUT2D eigenvalue weighted by Crippen LogP contribution is 2.14. The number of H-pyrrole nitrogens is 1. The van der Waals surface area contributed by atoms with E-state index in [1.807, 2.05) is 0 Å². The van der Waals surface area contributed by atoms with Gasteiger partial charge in [0.2, 0.25) is 0 Å². The van der Waals surface area contributed by atoms with Crippen LogP contribution in [0.25, 0.3) is 5.69 Å². The van der Waals surface area contributed by atoms with E-state index in [2.05, 4.69) is 10.2 Å². The molecule has 2 aromatic rings. The first kappa shape index (κ1) is 11.0. The first-order valence-corrected chi connectivity index (χ1v) is 6.03. The van der Waals surface area contributed by atoms with Crippen LogP contribution in [0.2, 0.25) is 0 Å². The summed E-state index contributed by atoms with van der Waals surface area (Å²) in [6.07, 6.45) is 1.42. The van der Waals surface area contributed by atoms with Crippen molar-refractivity contribution in [2.24, 2.45) is 0 Å². The Labute approximate surface area is 96.3 Å². The molecule has 2 N–H and O–H groups in total. The summed E-state index contributed by atoms with van der Waals surface area (Å²) in [5.41, 5.74) is 0.508. The lowest BCUT2D eigenvalue weighted by molar-refractivity contribution is 0.483. The summed E-state index contributed by atoms with van der Waals surface area (Å²) in [6, 6.07) is 5.76. The SMILES string of the molecule is O=S(=O)(O)c1cccc(-n2cn[nH]c2=S)c1. The Morgan fingerprint density at radius 3 is 2.75 bits per heavy atom. The predicted octanol–water partition coefficient (Wildman–Crippen LogP) is 1.18. The Morgan fingerprint density at radius 1 is 1.44 bits per heavy atom. The van der Waals surface area contributed by atoms with Crippen LogP contribution in [0.4, 0.5) is 0 Å². The topological polar surface area (TPSA) is 88.0 Å². The Kier molecular flexibility index (Phi) is 2.62. The van der Waals surface area contributed by atoms with Gasteiger partial charge in [-0.25, -0.2) is 0 Å². The largest absolute Gasteiger partial charge is 0.294 e. The molecule has 2 rings (SSSR count). The molecule has 0 amide bonds. The second kappa shape index (κ2) is 3.81. The van der Waals surface area contributed by atoms with Crippen molar-refractivity contribution in [3.63, 3.8) is 0 Å². The first-order valence-electron chi connectivity index (χ1n) is 4.18. The number of benzene rings is 1. The molecule has 0 fully saturated rings. The summed E-state index contributed by atoms with van der Waals surface area (Å²) in [5, 5.41) is 6.25. The molecule has 0 radical (unpaired) electrons. The third-order valence-electron chi connectivity index (χ3n) is 1.95. The van der Waals surface area contributed by atoms with Gasteiger partial charge in [-0.15, -0.1) is 0 Å². The fourth-order valence-corrected chi connectivity index (χ4v) is 1.95. The average Bonchev–Trinajstić information content (AvgIpc) is 2.63. The highest BCUT2D eigenvalue weighted by molar-refractivity contribution is 7.85. The van der Waals surface area contributed by atoms with Gasteiger partial charge in [0.1, 0.15) is 6.33 Å². The lowest BCUT2D eigenvalue weighted by atomic mass is 10.3. The molecule has 0 saturated heterocycles. The van der Waals surface area contributed by atoms with Crippen LogP contribution in [-0.4, -0.2) is 27.7 Å². The van der Waals surface area contributed by atoms with Gasteiger partial charge in [-0.3, -0.25) is 14.2 Å². The van der Waals surface area contributed by atoms with E-state index in [1.165, 1.54) is 29.1 Å². The van der Waals surface area contributed by atoms with Gasteiger partial charge in [0.05, 0.1) is 10.6 Å². The zero-order valence-electron chi connectivity index (χ0n) is 7.86. The van der Waals surface area contributed by atoms with Crippen LogP contribution < -0.4 is 0 Å². The number of nitrogens with one attached hydrogen (secondary N) is 1. The molecule has 0 aliphatic heterocycles. The van der Waals surface area contributed by atoms with Crippen molar-refractivity contribution >= 4 is 22.3 Å². The van der Waals surface area contributed by atoms with E-state index >= 15 is 0 Å². The smallest absolute Gasteiger partial charge is 0.282 e. The fourth-order valence-electron chi connectivity index (χ4n) is 1.23. The molecular formula is C8H7N3O3S2. The van der Waals surface area contributed by atoms with Crippen molar-refractivity contribution in [3.8, 4) is 5.69 Å². The number of nitrogens with zero attached hydrogens (tertiary/aromatic N) is 2. The van der Waals surface area contributed by atoms with Gasteiger partial charge in [-0.05, 0) is 30.4 Å². The Bertz CT molecular complexity index is 672. The van der Waals surface area contributed by atoms with Gasteiger partial charge in [0.15, 0.2) is 4.77 Å². The molecule has 6 nitrogen and oxygen atoms in total. The van der Waals surface area contributed by atoms with Gasteiger partial charge < -0.3 is 0 Å². The number of hydrogen-bond acceptors (Lipinski definition) is 4. The van der Waals surface area contributed by atoms with Crippen LogP contribution in [-0.2, 0) is 10.1 Å². The first-order chi connectivity index (χ1) is 7.48. The second-order valence-corrected chi connectivity index (χ2v) is 4.81. The van der Waals surface area contributed by atoms with Gasteiger partial charge >= 0.3 is 0 Å². The summed E-state index contributed by atoms with van der Waals surface area (Å²) in [7, 11) is -4.21. The molecule has 8 heteroatoms. The summed E-state index contributed by atoms with van der Waals surface area (Å²) in [4.78, 5) is -0.187. The Hall–Kier alpha value is -1.51. The second-order valence-electron chi connectivity index (χ2n) is 3.00. The molecule has 1 heterocycles.